The fraction of sp³-hybridized carbons (Fsp3) is 0.231. The molecule has 0 fully saturated rings. The number of hydrogen-bond acceptors (Lipinski definition) is 7. The first kappa shape index (κ1) is 16.3. The summed E-state index contributed by atoms with van der Waals surface area (Å²) in [6.45, 7) is 1.80. The number of anilines is 1. The Morgan fingerprint density at radius 3 is 2.75 bits per heavy atom. The molecule has 0 atom stereocenters. The fourth-order valence-electron chi connectivity index (χ4n) is 2.36. The van der Waals surface area contributed by atoms with E-state index in [0.717, 1.165) is 0 Å². The van der Waals surface area contributed by atoms with E-state index in [1.807, 2.05) is 0 Å². The minimum atomic E-state index is -0.730. The van der Waals surface area contributed by atoms with Crippen LogP contribution in [0.3, 0.4) is 0 Å². The quantitative estimate of drug-likeness (QED) is 0.594. The number of nitrogens with zero attached hydrogens (tertiary/aromatic N) is 4. The lowest BCUT2D eigenvalue weighted by molar-refractivity contribution is 0.368. The van der Waals surface area contributed by atoms with Gasteiger partial charge in [-0.3, -0.25) is 4.79 Å². The van der Waals surface area contributed by atoms with Crippen molar-refractivity contribution in [2.24, 2.45) is 0 Å². The Hall–Kier alpha value is -2.52. The van der Waals surface area contributed by atoms with E-state index in [2.05, 4.69) is 20.1 Å². The molecule has 0 saturated heterocycles. The van der Waals surface area contributed by atoms with Gasteiger partial charge in [0.05, 0.1) is 30.4 Å². The van der Waals surface area contributed by atoms with Crippen molar-refractivity contribution in [3.05, 3.63) is 31.9 Å². The second-order valence-corrected chi connectivity index (χ2v) is 5.68. The molecule has 0 amide bonds. The molecule has 3 aromatic rings. The topological polar surface area (TPSA) is 132 Å². The summed E-state index contributed by atoms with van der Waals surface area (Å²) in [5, 5.41) is 14.8. The number of rotatable bonds is 3. The number of nitrogens with two attached hydrogens (primary N) is 1. The number of aromatic hydroxyl groups is 1. The molecule has 126 valence electrons. The molecular weight excluding hydrogens is 359 g/mol. The first-order valence-electron chi connectivity index (χ1n) is 6.67. The minimum absolute atomic E-state index is 0.00322. The van der Waals surface area contributed by atoms with Crippen LogP contribution in [0.1, 0.15) is 11.4 Å². The van der Waals surface area contributed by atoms with Gasteiger partial charge in [-0.25, -0.2) is 9.67 Å². The third kappa shape index (κ3) is 2.51. The van der Waals surface area contributed by atoms with Crippen molar-refractivity contribution >= 4 is 40.2 Å². The molecule has 0 spiro atoms. The predicted molar refractivity (Wildman–Crippen MR) is 88.9 cm³/mol. The standard InChI is InChI=1S/C13H12Cl2N6O3/c1-4-6-10(15)18-13(16)19-11(6)21(20-4)3-5-7(14)9(24-2)8(22)12(23)17-5/h22H,3H2,1-2H3,(H,17,23)(H2,16,18,19). The molecule has 9 nitrogen and oxygen atoms in total. The Morgan fingerprint density at radius 1 is 1.38 bits per heavy atom. The van der Waals surface area contributed by atoms with E-state index in [4.69, 9.17) is 33.7 Å². The van der Waals surface area contributed by atoms with Crippen LogP contribution >= 0.6 is 23.2 Å². The summed E-state index contributed by atoms with van der Waals surface area (Å²) < 4.78 is 6.44. The van der Waals surface area contributed by atoms with E-state index in [9.17, 15) is 9.90 Å². The Kier molecular flexibility index (Phi) is 3.98. The van der Waals surface area contributed by atoms with Crippen LogP contribution in [-0.4, -0.2) is 36.9 Å². The molecule has 0 aromatic carbocycles. The summed E-state index contributed by atoms with van der Waals surface area (Å²) >= 11 is 12.3. The smallest absolute Gasteiger partial charge is 0.294 e. The van der Waals surface area contributed by atoms with Crippen molar-refractivity contribution in [3.63, 3.8) is 0 Å². The number of nitrogens with one attached hydrogen (secondary N) is 1. The first-order chi connectivity index (χ1) is 11.3. The van der Waals surface area contributed by atoms with Crippen LogP contribution in [0.4, 0.5) is 5.95 Å². The normalized spacial score (nSPS) is 11.2. The Morgan fingerprint density at radius 2 is 2.08 bits per heavy atom. The number of aromatic amines is 1. The molecule has 0 aliphatic heterocycles. The maximum atomic E-state index is 11.8. The third-order valence-corrected chi connectivity index (χ3v) is 4.08. The van der Waals surface area contributed by atoms with E-state index in [1.54, 1.807) is 6.92 Å². The molecule has 0 aliphatic rings. The van der Waals surface area contributed by atoms with Crippen molar-refractivity contribution in [2.45, 2.75) is 13.5 Å². The van der Waals surface area contributed by atoms with E-state index < -0.39 is 11.3 Å². The second kappa shape index (κ2) is 5.84. The van der Waals surface area contributed by atoms with E-state index in [-0.39, 0.29) is 34.1 Å². The molecule has 3 aromatic heterocycles. The van der Waals surface area contributed by atoms with Gasteiger partial charge >= 0.3 is 0 Å². The molecule has 24 heavy (non-hydrogen) atoms. The van der Waals surface area contributed by atoms with Crippen molar-refractivity contribution in [3.8, 4) is 11.5 Å². The highest BCUT2D eigenvalue weighted by atomic mass is 35.5. The van der Waals surface area contributed by atoms with Crippen molar-refractivity contribution < 1.29 is 9.84 Å². The molecule has 0 bridgehead atoms. The van der Waals surface area contributed by atoms with Gasteiger partial charge in [-0.2, -0.15) is 10.1 Å². The summed E-state index contributed by atoms with van der Waals surface area (Å²) in [7, 11) is 1.30. The number of halogens is 2. The summed E-state index contributed by atoms with van der Waals surface area (Å²) in [4.78, 5) is 22.3. The van der Waals surface area contributed by atoms with Crippen LogP contribution in [-0.2, 0) is 6.54 Å². The first-order valence-corrected chi connectivity index (χ1v) is 7.42. The van der Waals surface area contributed by atoms with Gasteiger partial charge in [0.25, 0.3) is 5.56 Å². The zero-order valence-corrected chi connectivity index (χ0v) is 14.1. The number of pyridine rings is 1. The van der Waals surface area contributed by atoms with Gasteiger partial charge in [0.2, 0.25) is 11.7 Å². The van der Waals surface area contributed by atoms with E-state index in [0.29, 0.717) is 16.7 Å². The molecule has 3 rings (SSSR count). The minimum Gasteiger partial charge on any atom is -0.500 e. The third-order valence-electron chi connectivity index (χ3n) is 3.41. The molecule has 0 unspecified atom stereocenters. The van der Waals surface area contributed by atoms with Gasteiger partial charge in [-0.05, 0) is 6.92 Å². The molecule has 0 saturated carbocycles. The van der Waals surface area contributed by atoms with Gasteiger partial charge < -0.3 is 20.6 Å². The Balaban J connectivity index is 2.18. The molecule has 0 radical (unpaired) electrons. The van der Waals surface area contributed by atoms with Crippen LogP contribution in [0.2, 0.25) is 10.2 Å². The molecule has 4 N–H and O–H groups in total. The average Bonchev–Trinajstić information content (AvgIpc) is 2.81. The van der Waals surface area contributed by atoms with E-state index in [1.165, 1.54) is 11.8 Å². The number of aryl methyl sites for hydroxylation is 1. The second-order valence-electron chi connectivity index (χ2n) is 4.94. The van der Waals surface area contributed by atoms with Gasteiger partial charge in [0, 0.05) is 0 Å². The van der Waals surface area contributed by atoms with Gasteiger partial charge in [-0.15, -0.1) is 0 Å². The number of nitrogen functional groups attached to an aromatic ring is 1. The monoisotopic (exact) mass is 370 g/mol. The van der Waals surface area contributed by atoms with Crippen molar-refractivity contribution in [1.82, 2.24) is 24.7 Å². The Bertz CT molecular complexity index is 1010. The van der Waals surface area contributed by atoms with Crippen LogP contribution in [0, 0.1) is 6.92 Å². The molecule has 11 heteroatoms. The summed E-state index contributed by atoms with van der Waals surface area (Å²) in [5.74, 6) is -0.713. The molecular formula is C13H12Cl2N6O3. The molecule has 3 heterocycles. The van der Waals surface area contributed by atoms with Gasteiger partial charge in [0.1, 0.15) is 10.2 Å². The summed E-state index contributed by atoms with van der Waals surface area (Å²) in [6, 6.07) is 0. The number of fused-ring (bicyclic) bond motifs is 1. The largest absolute Gasteiger partial charge is 0.500 e. The summed E-state index contributed by atoms with van der Waals surface area (Å²) in [6.07, 6.45) is 0. The number of H-pyrrole nitrogens is 1. The number of methoxy groups -OCH3 is 1. The zero-order valence-electron chi connectivity index (χ0n) is 12.6. The van der Waals surface area contributed by atoms with Crippen LogP contribution in [0.25, 0.3) is 11.0 Å². The maximum Gasteiger partial charge on any atom is 0.294 e. The predicted octanol–water partition coefficient (Wildman–Crippen LogP) is 1.47. The highest BCUT2D eigenvalue weighted by Gasteiger charge is 2.20. The Labute approximate surface area is 145 Å². The lowest BCUT2D eigenvalue weighted by Crippen LogP contribution is -2.14. The average molecular weight is 371 g/mol. The van der Waals surface area contributed by atoms with Crippen LogP contribution in [0.5, 0.6) is 11.5 Å². The zero-order chi connectivity index (χ0) is 17.6. The molecule has 0 aliphatic carbocycles. The van der Waals surface area contributed by atoms with Gasteiger partial charge in [0.15, 0.2) is 11.4 Å². The van der Waals surface area contributed by atoms with Gasteiger partial charge in [-0.1, -0.05) is 23.2 Å². The number of aromatic nitrogens is 5. The SMILES string of the molecule is COc1c(Cl)c(Cn2nc(C)c3c(Cl)nc(N)nc32)[nH]c(=O)c1O. The lowest BCUT2D eigenvalue weighted by atomic mass is 10.3. The highest BCUT2D eigenvalue weighted by Crippen LogP contribution is 2.33. The fourth-order valence-corrected chi connectivity index (χ4v) is 2.95. The number of ether oxygens (including phenoxy) is 1. The van der Waals surface area contributed by atoms with E-state index >= 15 is 0 Å². The maximum absolute atomic E-state index is 11.8. The van der Waals surface area contributed by atoms with Crippen molar-refractivity contribution in [1.29, 1.82) is 0 Å². The lowest BCUT2D eigenvalue weighted by Gasteiger charge is -2.10. The van der Waals surface area contributed by atoms with Crippen molar-refractivity contribution in [2.75, 3.05) is 12.8 Å². The summed E-state index contributed by atoms with van der Waals surface area (Å²) in [5.41, 5.74) is 6.18. The van der Waals surface area contributed by atoms with Crippen LogP contribution < -0.4 is 16.0 Å². The number of hydrogen-bond donors (Lipinski definition) is 3. The highest BCUT2D eigenvalue weighted by molar-refractivity contribution is 6.34. The van der Waals surface area contributed by atoms with Crippen LogP contribution in [0.15, 0.2) is 4.79 Å².